The normalized spacial score (nSPS) is 22.9. The zero-order valence-corrected chi connectivity index (χ0v) is 11.2. The maximum Gasteiger partial charge on any atom is 0.0957 e. The van der Waals surface area contributed by atoms with Gasteiger partial charge in [-0.05, 0) is 25.1 Å². The van der Waals surface area contributed by atoms with Crippen LogP contribution in [-0.4, -0.2) is 34.0 Å². The van der Waals surface area contributed by atoms with Crippen LogP contribution in [-0.2, 0) is 0 Å². The molecule has 1 N–H and O–H groups in total. The van der Waals surface area contributed by atoms with Gasteiger partial charge >= 0.3 is 0 Å². The average Bonchev–Trinajstić information content (AvgIpc) is 2.97. The maximum absolute atomic E-state index is 10.9. The highest BCUT2D eigenvalue weighted by atomic mass is 16.3. The molecule has 20 heavy (non-hydrogen) atoms. The van der Waals surface area contributed by atoms with Gasteiger partial charge in [0.25, 0.3) is 0 Å². The summed E-state index contributed by atoms with van der Waals surface area (Å²) in [5.41, 5.74) is 3.36. The van der Waals surface area contributed by atoms with E-state index in [1.807, 2.05) is 24.7 Å². The number of imidazole rings is 1. The Morgan fingerprint density at radius 2 is 2.25 bits per heavy atom. The first-order valence-corrected chi connectivity index (χ1v) is 6.98. The third-order valence-electron chi connectivity index (χ3n) is 4.77. The van der Waals surface area contributed by atoms with Crippen LogP contribution in [0.2, 0.25) is 0 Å². The average molecular weight is 267 g/mol. The molecule has 2 aromatic rings. The number of rotatable bonds is 4. The van der Waals surface area contributed by atoms with Crippen molar-refractivity contribution in [2.24, 2.45) is 10.4 Å². The van der Waals surface area contributed by atoms with Crippen LogP contribution in [0.15, 0.2) is 41.8 Å². The highest BCUT2D eigenvalue weighted by Crippen LogP contribution is 2.55. The summed E-state index contributed by atoms with van der Waals surface area (Å²) in [7, 11) is 0. The molecule has 0 amide bonds. The van der Waals surface area contributed by atoms with E-state index >= 15 is 0 Å². The monoisotopic (exact) mass is 267 g/mol. The van der Waals surface area contributed by atoms with E-state index in [-0.39, 0.29) is 11.5 Å². The van der Waals surface area contributed by atoms with Crippen LogP contribution in [0, 0.1) is 5.41 Å². The van der Waals surface area contributed by atoms with E-state index < -0.39 is 6.10 Å². The number of aliphatic imine (C=N–C) groups is 1. The molecule has 2 aliphatic rings. The number of nitrogens with zero attached hydrogens (tertiary/aromatic N) is 3. The van der Waals surface area contributed by atoms with Crippen LogP contribution in [0.5, 0.6) is 0 Å². The highest BCUT2D eigenvalue weighted by molar-refractivity contribution is 5.69. The van der Waals surface area contributed by atoms with Gasteiger partial charge in [0.1, 0.15) is 0 Å². The van der Waals surface area contributed by atoms with E-state index in [9.17, 15) is 5.11 Å². The second-order valence-corrected chi connectivity index (χ2v) is 5.91. The quantitative estimate of drug-likeness (QED) is 0.864. The molecule has 0 unspecified atom stereocenters. The van der Waals surface area contributed by atoms with Crippen molar-refractivity contribution < 1.29 is 5.11 Å². The lowest BCUT2D eigenvalue weighted by atomic mass is 9.88. The molecule has 1 aliphatic heterocycles. The lowest BCUT2D eigenvalue weighted by Crippen LogP contribution is -2.33. The number of aliphatic hydroxyl groups is 1. The molecule has 1 aromatic heterocycles. The Morgan fingerprint density at radius 1 is 1.45 bits per heavy atom. The van der Waals surface area contributed by atoms with Crippen molar-refractivity contribution in [3.05, 3.63) is 42.4 Å². The molecule has 4 nitrogen and oxygen atoms in total. The van der Waals surface area contributed by atoms with E-state index in [1.54, 1.807) is 0 Å². The van der Waals surface area contributed by atoms with Gasteiger partial charge in [0.2, 0.25) is 0 Å². The summed E-state index contributed by atoms with van der Waals surface area (Å²) < 4.78 is 2.10. The van der Waals surface area contributed by atoms with E-state index in [1.165, 1.54) is 11.1 Å². The molecule has 1 saturated carbocycles. The van der Waals surface area contributed by atoms with Crippen molar-refractivity contribution in [2.45, 2.75) is 25.0 Å². The van der Waals surface area contributed by atoms with Crippen LogP contribution >= 0.6 is 0 Å². The number of benzene rings is 1. The second-order valence-electron chi connectivity index (χ2n) is 5.91. The molecule has 0 bridgehead atoms. The third kappa shape index (κ3) is 1.45. The zero-order valence-electron chi connectivity index (χ0n) is 11.2. The SMILES string of the molecule is C=NCC1([C@@H](O)[C@H]2c3ccccc3-c3cncn32)CC1. The summed E-state index contributed by atoms with van der Waals surface area (Å²) in [5, 5.41) is 10.9. The summed E-state index contributed by atoms with van der Waals surface area (Å²) in [5.74, 6) is 0. The number of aliphatic hydroxyl groups excluding tert-OH is 1. The van der Waals surface area contributed by atoms with Crippen molar-refractivity contribution in [3.8, 4) is 11.3 Å². The molecule has 4 heteroatoms. The summed E-state index contributed by atoms with van der Waals surface area (Å²) in [6.07, 6.45) is 5.30. The molecule has 1 fully saturated rings. The van der Waals surface area contributed by atoms with Gasteiger partial charge in [0.05, 0.1) is 30.4 Å². The standard InChI is InChI=1S/C16H17N3O/c1-17-9-16(6-7-16)15(20)14-12-5-3-2-4-11(12)13-8-18-10-19(13)14/h2-5,8,10,14-15,20H,1,6-7,9H2/t14-,15+/m1/s1. The molecule has 4 rings (SSSR count). The summed E-state index contributed by atoms with van der Waals surface area (Å²) in [6.45, 7) is 4.23. The number of hydrogen-bond donors (Lipinski definition) is 1. The van der Waals surface area contributed by atoms with Crippen LogP contribution in [0.4, 0.5) is 0 Å². The first-order valence-electron chi connectivity index (χ1n) is 6.98. The largest absolute Gasteiger partial charge is 0.390 e. The predicted molar refractivity (Wildman–Crippen MR) is 77.9 cm³/mol. The summed E-state index contributed by atoms with van der Waals surface area (Å²) in [4.78, 5) is 8.27. The van der Waals surface area contributed by atoms with E-state index in [0.717, 1.165) is 18.5 Å². The molecular formula is C16H17N3O. The Balaban J connectivity index is 1.81. The Hall–Kier alpha value is -1.94. The zero-order chi connectivity index (χ0) is 13.7. The topological polar surface area (TPSA) is 50.4 Å². The Morgan fingerprint density at radius 3 is 3.00 bits per heavy atom. The number of fused-ring (bicyclic) bond motifs is 3. The van der Waals surface area contributed by atoms with Gasteiger partial charge in [-0.1, -0.05) is 24.3 Å². The lowest BCUT2D eigenvalue weighted by molar-refractivity contribution is 0.0628. The van der Waals surface area contributed by atoms with Crippen molar-refractivity contribution in [2.75, 3.05) is 6.54 Å². The maximum atomic E-state index is 10.9. The molecule has 2 atom stereocenters. The van der Waals surface area contributed by atoms with Crippen LogP contribution < -0.4 is 0 Å². The van der Waals surface area contributed by atoms with Crippen molar-refractivity contribution in [1.29, 1.82) is 0 Å². The molecule has 0 saturated heterocycles. The number of aromatic nitrogens is 2. The molecule has 0 radical (unpaired) electrons. The second kappa shape index (κ2) is 4.03. The van der Waals surface area contributed by atoms with Crippen molar-refractivity contribution >= 4 is 6.72 Å². The Kier molecular flexibility index (Phi) is 2.39. The van der Waals surface area contributed by atoms with E-state index in [4.69, 9.17) is 0 Å². The summed E-state index contributed by atoms with van der Waals surface area (Å²) in [6, 6.07) is 8.22. The van der Waals surface area contributed by atoms with Crippen LogP contribution in [0.1, 0.15) is 24.4 Å². The molecule has 1 aliphatic carbocycles. The first kappa shape index (κ1) is 11.9. The lowest BCUT2D eigenvalue weighted by Gasteiger charge is -2.28. The van der Waals surface area contributed by atoms with Gasteiger partial charge in [0, 0.05) is 17.5 Å². The smallest absolute Gasteiger partial charge is 0.0957 e. The molecular weight excluding hydrogens is 250 g/mol. The van der Waals surface area contributed by atoms with Crippen LogP contribution in [0.25, 0.3) is 11.3 Å². The summed E-state index contributed by atoms with van der Waals surface area (Å²) >= 11 is 0. The van der Waals surface area contributed by atoms with Crippen molar-refractivity contribution in [1.82, 2.24) is 9.55 Å². The predicted octanol–water partition coefficient (Wildman–Crippen LogP) is 2.29. The fourth-order valence-corrected chi connectivity index (χ4v) is 3.46. The fourth-order valence-electron chi connectivity index (χ4n) is 3.46. The van der Waals surface area contributed by atoms with Crippen molar-refractivity contribution in [3.63, 3.8) is 0 Å². The molecule has 1 aromatic carbocycles. The minimum absolute atomic E-state index is 0.0482. The molecule has 102 valence electrons. The highest BCUT2D eigenvalue weighted by Gasteiger charge is 2.53. The Bertz CT molecular complexity index is 672. The van der Waals surface area contributed by atoms with Gasteiger partial charge in [-0.15, -0.1) is 0 Å². The minimum Gasteiger partial charge on any atom is -0.390 e. The third-order valence-corrected chi connectivity index (χ3v) is 4.77. The van der Waals surface area contributed by atoms with Crippen LogP contribution in [0.3, 0.4) is 0 Å². The fraction of sp³-hybridized carbons (Fsp3) is 0.375. The van der Waals surface area contributed by atoms with E-state index in [2.05, 4.69) is 33.4 Å². The molecule has 2 heterocycles. The molecule has 0 spiro atoms. The van der Waals surface area contributed by atoms with E-state index in [0.29, 0.717) is 6.54 Å². The van der Waals surface area contributed by atoms with Gasteiger partial charge in [-0.2, -0.15) is 0 Å². The first-order chi connectivity index (χ1) is 9.77. The number of hydrogen-bond acceptors (Lipinski definition) is 3. The minimum atomic E-state index is -0.440. The van der Waals surface area contributed by atoms with Gasteiger partial charge in [-0.25, -0.2) is 4.98 Å². The van der Waals surface area contributed by atoms with Gasteiger partial charge in [0.15, 0.2) is 0 Å². The van der Waals surface area contributed by atoms with Gasteiger partial charge < -0.3 is 14.7 Å². The Labute approximate surface area is 117 Å². The van der Waals surface area contributed by atoms with Gasteiger partial charge in [-0.3, -0.25) is 0 Å².